The zero-order chi connectivity index (χ0) is 19.6. The van der Waals surface area contributed by atoms with Crippen LogP contribution in [0.3, 0.4) is 0 Å². The highest BCUT2D eigenvalue weighted by Gasteiger charge is 2.13. The number of pyridine rings is 1. The molecule has 4 aromatic heterocycles. The van der Waals surface area contributed by atoms with Crippen LogP contribution in [0, 0.1) is 0 Å². The molecule has 0 saturated carbocycles. The number of hydrogen-bond acceptors (Lipinski definition) is 5. The summed E-state index contributed by atoms with van der Waals surface area (Å²) in [6.07, 6.45) is 11.0. The van der Waals surface area contributed by atoms with Crippen molar-refractivity contribution in [2.24, 2.45) is 7.05 Å². The average Bonchev–Trinajstić information content (AvgIpc) is 3.49. The normalized spacial score (nSPS) is 11.2. The van der Waals surface area contributed by atoms with E-state index < -0.39 is 0 Å². The minimum absolute atomic E-state index is 0.582. The van der Waals surface area contributed by atoms with E-state index in [1.807, 2.05) is 66.6 Å². The predicted molar refractivity (Wildman–Crippen MR) is 109 cm³/mol. The second-order valence-electron chi connectivity index (χ2n) is 6.76. The Morgan fingerprint density at radius 2 is 1.97 bits per heavy atom. The number of ether oxygens (including phenoxy) is 1. The number of rotatable bonds is 6. The van der Waals surface area contributed by atoms with Crippen molar-refractivity contribution >= 4 is 11.1 Å². The fourth-order valence-electron chi connectivity index (χ4n) is 3.27. The SMILES string of the molecule is Cn1cc(-c2ccnc3cc(-c4ccc(OCCn5ccnc5)cc4)oc23)cn1. The number of benzene rings is 1. The van der Waals surface area contributed by atoms with Gasteiger partial charge < -0.3 is 13.7 Å². The molecule has 4 heterocycles. The van der Waals surface area contributed by atoms with Gasteiger partial charge in [-0.1, -0.05) is 0 Å². The van der Waals surface area contributed by atoms with Crippen LogP contribution >= 0.6 is 0 Å². The Morgan fingerprint density at radius 1 is 1.07 bits per heavy atom. The summed E-state index contributed by atoms with van der Waals surface area (Å²) in [6.45, 7) is 1.34. The highest BCUT2D eigenvalue weighted by Crippen LogP contribution is 2.33. The largest absolute Gasteiger partial charge is 0.492 e. The third-order valence-electron chi connectivity index (χ3n) is 4.74. The van der Waals surface area contributed by atoms with Crippen LogP contribution in [-0.4, -0.2) is 30.9 Å². The number of nitrogens with zero attached hydrogens (tertiary/aromatic N) is 5. The number of fused-ring (bicyclic) bond motifs is 1. The first-order valence-electron chi connectivity index (χ1n) is 9.33. The molecule has 0 unspecified atom stereocenters. The van der Waals surface area contributed by atoms with Gasteiger partial charge in [0.15, 0.2) is 5.58 Å². The van der Waals surface area contributed by atoms with Crippen molar-refractivity contribution in [2.45, 2.75) is 6.54 Å². The zero-order valence-electron chi connectivity index (χ0n) is 15.9. The van der Waals surface area contributed by atoms with E-state index in [1.54, 1.807) is 23.4 Å². The molecule has 0 radical (unpaired) electrons. The van der Waals surface area contributed by atoms with E-state index in [4.69, 9.17) is 9.15 Å². The Labute approximate surface area is 167 Å². The van der Waals surface area contributed by atoms with E-state index in [-0.39, 0.29) is 0 Å². The molecule has 0 N–H and O–H groups in total. The number of furan rings is 1. The van der Waals surface area contributed by atoms with Gasteiger partial charge in [0.05, 0.1) is 19.1 Å². The van der Waals surface area contributed by atoms with Crippen molar-refractivity contribution < 1.29 is 9.15 Å². The minimum atomic E-state index is 0.582. The maximum absolute atomic E-state index is 6.17. The second kappa shape index (κ2) is 7.27. The minimum Gasteiger partial charge on any atom is -0.492 e. The van der Waals surface area contributed by atoms with Gasteiger partial charge in [-0.05, 0) is 30.3 Å². The summed E-state index contributed by atoms with van der Waals surface area (Å²) in [5.74, 6) is 1.59. The molecule has 0 aliphatic heterocycles. The van der Waals surface area contributed by atoms with Crippen LogP contribution in [0.1, 0.15) is 0 Å². The number of aryl methyl sites for hydroxylation is 1. The molecule has 0 bridgehead atoms. The molecule has 144 valence electrons. The van der Waals surface area contributed by atoms with Gasteiger partial charge in [-0.25, -0.2) is 4.98 Å². The van der Waals surface area contributed by atoms with Gasteiger partial charge in [0.1, 0.15) is 23.6 Å². The molecular weight excluding hydrogens is 366 g/mol. The van der Waals surface area contributed by atoms with E-state index in [0.29, 0.717) is 6.61 Å². The summed E-state index contributed by atoms with van der Waals surface area (Å²) in [6, 6.07) is 11.8. The lowest BCUT2D eigenvalue weighted by Crippen LogP contribution is -2.06. The van der Waals surface area contributed by atoms with E-state index in [0.717, 1.165) is 45.8 Å². The monoisotopic (exact) mass is 385 g/mol. The van der Waals surface area contributed by atoms with E-state index >= 15 is 0 Å². The van der Waals surface area contributed by atoms with Gasteiger partial charge in [-0.3, -0.25) is 9.67 Å². The molecule has 5 aromatic rings. The lowest BCUT2D eigenvalue weighted by Gasteiger charge is -2.07. The first-order chi connectivity index (χ1) is 14.3. The molecule has 7 nitrogen and oxygen atoms in total. The summed E-state index contributed by atoms with van der Waals surface area (Å²) < 4.78 is 15.7. The number of aromatic nitrogens is 5. The zero-order valence-corrected chi connectivity index (χ0v) is 15.9. The molecule has 0 atom stereocenters. The topological polar surface area (TPSA) is 70.9 Å². The second-order valence-corrected chi connectivity index (χ2v) is 6.76. The third kappa shape index (κ3) is 3.50. The van der Waals surface area contributed by atoms with Crippen LogP contribution in [0.4, 0.5) is 0 Å². The highest BCUT2D eigenvalue weighted by atomic mass is 16.5. The van der Waals surface area contributed by atoms with Crippen LogP contribution in [-0.2, 0) is 13.6 Å². The maximum Gasteiger partial charge on any atom is 0.161 e. The highest BCUT2D eigenvalue weighted by molar-refractivity contribution is 5.92. The Bertz CT molecular complexity index is 1240. The van der Waals surface area contributed by atoms with Gasteiger partial charge in [0.2, 0.25) is 0 Å². The lowest BCUT2D eigenvalue weighted by molar-refractivity contribution is 0.298. The molecule has 29 heavy (non-hydrogen) atoms. The maximum atomic E-state index is 6.17. The lowest BCUT2D eigenvalue weighted by atomic mass is 10.1. The Morgan fingerprint density at radius 3 is 2.72 bits per heavy atom. The van der Waals surface area contributed by atoms with E-state index in [2.05, 4.69) is 15.1 Å². The number of hydrogen-bond donors (Lipinski definition) is 0. The smallest absolute Gasteiger partial charge is 0.161 e. The van der Waals surface area contributed by atoms with Gasteiger partial charge >= 0.3 is 0 Å². The molecule has 1 aromatic carbocycles. The summed E-state index contributed by atoms with van der Waals surface area (Å²) in [7, 11) is 1.90. The molecule has 5 rings (SSSR count). The number of imidazole rings is 1. The molecule has 0 aliphatic rings. The van der Waals surface area contributed by atoms with Crippen molar-refractivity contribution in [3.05, 3.63) is 73.7 Å². The summed E-state index contributed by atoms with van der Waals surface area (Å²) in [5, 5.41) is 4.25. The first-order valence-corrected chi connectivity index (χ1v) is 9.33. The van der Waals surface area contributed by atoms with Crippen LogP contribution < -0.4 is 4.74 Å². The van der Waals surface area contributed by atoms with E-state index in [1.165, 1.54) is 0 Å². The van der Waals surface area contributed by atoms with Gasteiger partial charge in [-0.15, -0.1) is 0 Å². The standard InChI is InChI=1S/C22H19N5O2/c1-26-14-17(13-25-26)19-6-7-24-20-12-21(29-22(19)20)16-2-4-18(5-3-16)28-11-10-27-9-8-23-15-27/h2-9,12-15H,10-11H2,1H3. The molecule has 0 spiro atoms. The van der Waals surface area contributed by atoms with E-state index in [9.17, 15) is 0 Å². The molecule has 7 heteroatoms. The first kappa shape index (κ1) is 17.2. The summed E-state index contributed by atoms with van der Waals surface area (Å²) in [5.41, 5.74) is 4.54. The molecule has 0 amide bonds. The average molecular weight is 385 g/mol. The predicted octanol–water partition coefficient (Wildman–Crippen LogP) is 4.17. The quantitative estimate of drug-likeness (QED) is 0.439. The molecular formula is C22H19N5O2. The summed E-state index contributed by atoms with van der Waals surface area (Å²) >= 11 is 0. The van der Waals surface area contributed by atoms with Gasteiger partial charge in [0, 0.05) is 54.6 Å². The van der Waals surface area contributed by atoms with Gasteiger partial charge in [-0.2, -0.15) is 5.10 Å². The molecule has 0 fully saturated rings. The van der Waals surface area contributed by atoms with Crippen LogP contribution in [0.2, 0.25) is 0 Å². The van der Waals surface area contributed by atoms with Crippen molar-refractivity contribution in [2.75, 3.05) is 6.61 Å². The fourth-order valence-corrected chi connectivity index (χ4v) is 3.27. The Kier molecular flexibility index (Phi) is 4.32. The fraction of sp³-hybridized carbons (Fsp3) is 0.136. The van der Waals surface area contributed by atoms with Crippen LogP contribution in [0.5, 0.6) is 5.75 Å². The van der Waals surface area contributed by atoms with Crippen molar-refractivity contribution in [1.82, 2.24) is 24.3 Å². The third-order valence-corrected chi connectivity index (χ3v) is 4.74. The van der Waals surface area contributed by atoms with Gasteiger partial charge in [0.25, 0.3) is 0 Å². The van der Waals surface area contributed by atoms with Crippen molar-refractivity contribution in [1.29, 1.82) is 0 Å². The Balaban J connectivity index is 1.36. The summed E-state index contributed by atoms with van der Waals surface area (Å²) in [4.78, 5) is 8.47. The van der Waals surface area contributed by atoms with Crippen LogP contribution in [0.25, 0.3) is 33.6 Å². The Hall–Kier alpha value is -3.87. The molecule has 0 saturated heterocycles. The van der Waals surface area contributed by atoms with Crippen molar-refractivity contribution in [3.8, 4) is 28.2 Å². The van der Waals surface area contributed by atoms with Crippen molar-refractivity contribution in [3.63, 3.8) is 0 Å². The van der Waals surface area contributed by atoms with Crippen LogP contribution in [0.15, 0.2) is 78.1 Å². The molecule has 0 aliphatic carbocycles.